The number of nitrogens with one attached hydrogen (secondary N) is 3. The van der Waals surface area contributed by atoms with E-state index in [-0.39, 0.29) is 45.7 Å². The van der Waals surface area contributed by atoms with Crippen molar-refractivity contribution in [1.82, 2.24) is 30.0 Å². The molecule has 16 nitrogen and oxygen atoms in total. The number of hydrogen-bond acceptors (Lipinski definition) is 15. The molecule has 0 radical (unpaired) electrons. The average molecular weight is 1050 g/mol. The smallest absolute Gasteiger partial charge is 0.356 e. The molecule has 0 aliphatic carbocycles. The number of esters is 1. The molecule has 20 heteroatoms. The number of β-lactam (4-membered cyclic amide) rings is 1. The van der Waals surface area contributed by atoms with Crippen LogP contribution in [-0.2, 0) is 47.2 Å². The Kier molecular flexibility index (Phi) is 15.6. The second kappa shape index (κ2) is 22.5. The first kappa shape index (κ1) is 50.5. The van der Waals surface area contributed by atoms with Crippen LogP contribution in [0.25, 0.3) is 4.91 Å². The standard InChI is InChI=1S/C53H46N8O8S4/c1-68-59-41(39-31-72-52(54-39)56-53(36-22-12-5-13-23-36,37-24-14-6-15-25-37)38-26-16-7-17-27-38)46(62)55-42-48(64)61-43(51(66)69-44(33-18-8-3-9-19-33)34-20-10-4-11-21-34)35(32-73(67)50(42)61)30-40(70)45-57-58-47(63)49(65)60(45)28-29-71-2/h3-27,30-31,42,44,50,70H,28-29,32H2,1-2H3,(H,54,56)(H,55,62)(H,58,63). The number of carbonyl (C=O) groups is 3. The Hall–Kier alpha value is -7.49. The van der Waals surface area contributed by atoms with Gasteiger partial charge in [-0.15, -0.1) is 24.0 Å². The Labute approximate surface area is 435 Å². The van der Waals surface area contributed by atoms with E-state index in [4.69, 9.17) is 14.6 Å². The first-order valence-corrected chi connectivity index (χ1v) is 26.8. The molecule has 7 aromatic rings. The average Bonchev–Trinajstić information content (AvgIpc) is 3.89. The van der Waals surface area contributed by atoms with Crippen LogP contribution in [0.1, 0.15) is 45.4 Å². The van der Waals surface area contributed by atoms with Crippen molar-refractivity contribution in [3.8, 4) is 0 Å². The Morgan fingerprint density at radius 2 is 1.45 bits per heavy atom. The number of hydrogen-bond donors (Lipinski definition) is 4. The number of ether oxygens (including phenoxy) is 1. The number of thiol groups is 1. The second-order valence-electron chi connectivity index (χ2n) is 16.5. The highest BCUT2D eigenvalue weighted by atomic mass is 32.2. The first-order chi connectivity index (χ1) is 35.5. The molecule has 3 N–H and O–H groups in total. The number of benzene rings is 5. The van der Waals surface area contributed by atoms with Crippen LogP contribution in [0.4, 0.5) is 5.13 Å². The SMILES string of the molecule is CON=C(C(=O)NC1C(=O)N2C(C(=O)OC(c3ccccc3)c3ccccc3)=C(C=C(S)c3n[nH]c(=O)c(=O)n3CCSC)C[S+]([O-])C12)c1csc(NC(c2ccccc2)(c2ccccc2)c2ccccc2)n1. The summed E-state index contributed by atoms with van der Waals surface area (Å²) in [7, 11) is 1.27. The number of H-pyrrole nitrogens is 1. The zero-order chi connectivity index (χ0) is 51.1. The summed E-state index contributed by atoms with van der Waals surface area (Å²) >= 11 is 5.38. The van der Waals surface area contributed by atoms with Gasteiger partial charge in [0.05, 0.1) is 0 Å². The van der Waals surface area contributed by atoms with Crippen LogP contribution in [0.15, 0.2) is 189 Å². The number of rotatable bonds is 18. The minimum absolute atomic E-state index is 0.0248. The number of oxime groups is 1. The highest BCUT2D eigenvalue weighted by molar-refractivity contribution is 7.98. The lowest BCUT2D eigenvalue weighted by Gasteiger charge is -2.49. The third-order valence-corrected chi connectivity index (χ3v) is 15.4. The van der Waals surface area contributed by atoms with Crippen molar-refractivity contribution in [2.24, 2.45) is 5.16 Å². The van der Waals surface area contributed by atoms with Crippen LogP contribution >= 0.6 is 35.7 Å². The number of amides is 2. The maximum Gasteiger partial charge on any atom is 0.356 e. The van der Waals surface area contributed by atoms with E-state index in [9.17, 15) is 28.5 Å². The van der Waals surface area contributed by atoms with Crippen molar-refractivity contribution in [3.63, 3.8) is 0 Å². The lowest BCUT2D eigenvalue weighted by molar-refractivity contribution is -0.154. The molecule has 3 atom stereocenters. The second-order valence-corrected chi connectivity index (χ2v) is 20.4. The molecule has 2 aliphatic rings. The summed E-state index contributed by atoms with van der Waals surface area (Å²) in [6.07, 6.45) is 2.27. The van der Waals surface area contributed by atoms with Crippen molar-refractivity contribution >= 4 is 80.4 Å². The topological polar surface area (TPSA) is 213 Å². The zero-order valence-corrected chi connectivity index (χ0v) is 42.5. The van der Waals surface area contributed by atoms with Crippen molar-refractivity contribution in [2.45, 2.75) is 29.6 Å². The molecule has 73 heavy (non-hydrogen) atoms. The fourth-order valence-electron chi connectivity index (χ4n) is 8.78. The molecule has 3 unspecified atom stereocenters. The highest BCUT2D eigenvalue weighted by Gasteiger charge is 2.61. The number of fused-ring (bicyclic) bond motifs is 1. The lowest BCUT2D eigenvalue weighted by Crippen LogP contribution is -2.75. The number of anilines is 1. The Balaban J connectivity index is 1.05. The van der Waals surface area contributed by atoms with E-state index in [0.29, 0.717) is 22.0 Å². The third kappa shape index (κ3) is 10.3. The molecule has 5 aromatic carbocycles. The van der Waals surface area contributed by atoms with E-state index < -0.39 is 63.1 Å². The largest absolute Gasteiger partial charge is 0.614 e. The number of aromatic amines is 1. The number of thiazole rings is 1. The summed E-state index contributed by atoms with van der Waals surface area (Å²) in [5.41, 5.74) is 0.984. The van der Waals surface area contributed by atoms with Crippen LogP contribution in [0.3, 0.4) is 0 Å². The van der Waals surface area contributed by atoms with Gasteiger partial charge in [-0.1, -0.05) is 157 Å². The predicted molar refractivity (Wildman–Crippen MR) is 286 cm³/mol. The quantitative estimate of drug-likeness (QED) is 0.0106. The Bertz CT molecular complexity index is 3200. The maximum absolute atomic E-state index is 14.8. The van der Waals surface area contributed by atoms with E-state index >= 15 is 0 Å². The van der Waals surface area contributed by atoms with E-state index in [1.807, 2.05) is 109 Å². The predicted octanol–water partition coefficient (Wildman–Crippen LogP) is 6.48. The fourth-order valence-corrected chi connectivity index (χ4v) is 11.9. The van der Waals surface area contributed by atoms with Gasteiger partial charge in [0.2, 0.25) is 5.37 Å². The van der Waals surface area contributed by atoms with Gasteiger partial charge >= 0.3 is 17.1 Å². The summed E-state index contributed by atoms with van der Waals surface area (Å²) in [4.78, 5) is 80.3. The van der Waals surface area contributed by atoms with Crippen LogP contribution in [0.5, 0.6) is 0 Å². The molecule has 2 aromatic heterocycles. The van der Waals surface area contributed by atoms with Crippen LogP contribution in [0.2, 0.25) is 0 Å². The minimum Gasteiger partial charge on any atom is -0.614 e. The number of nitrogens with zero attached hydrogens (tertiary/aromatic N) is 5. The monoisotopic (exact) mass is 1050 g/mol. The normalized spacial score (nSPS) is 16.9. The van der Waals surface area contributed by atoms with Gasteiger partial charge in [0.1, 0.15) is 29.8 Å². The molecule has 1 fully saturated rings. The van der Waals surface area contributed by atoms with Gasteiger partial charge in [-0.25, -0.2) is 14.9 Å². The molecule has 2 aliphatic heterocycles. The Morgan fingerprint density at radius 1 is 0.904 bits per heavy atom. The van der Waals surface area contributed by atoms with Gasteiger partial charge < -0.3 is 24.8 Å². The number of allylic oxidation sites excluding steroid dienone is 1. The van der Waals surface area contributed by atoms with Gasteiger partial charge in [-0.3, -0.25) is 28.6 Å². The molecule has 0 bridgehead atoms. The molecular weight excluding hydrogens is 1000 g/mol. The van der Waals surface area contributed by atoms with Crippen molar-refractivity contribution < 1.29 is 28.5 Å². The molecule has 2 amide bonds. The van der Waals surface area contributed by atoms with Gasteiger partial charge in [0.25, 0.3) is 11.8 Å². The van der Waals surface area contributed by atoms with Crippen LogP contribution < -0.4 is 21.8 Å². The molecule has 370 valence electrons. The summed E-state index contributed by atoms with van der Waals surface area (Å²) in [5.74, 6) is -2.46. The molecule has 9 rings (SSSR count). The zero-order valence-electron chi connectivity index (χ0n) is 39.1. The summed E-state index contributed by atoms with van der Waals surface area (Å²) < 4.78 is 21.9. The fraction of sp³-hybridized carbons (Fsp3) is 0.170. The molecule has 1 saturated heterocycles. The Morgan fingerprint density at radius 3 is 1.99 bits per heavy atom. The highest BCUT2D eigenvalue weighted by Crippen LogP contribution is 2.42. The van der Waals surface area contributed by atoms with Crippen molar-refractivity contribution in [2.75, 3.05) is 30.2 Å². The maximum atomic E-state index is 14.8. The van der Waals surface area contributed by atoms with E-state index in [2.05, 4.69) is 38.6 Å². The molecule has 0 spiro atoms. The van der Waals surface area contributed by atoms with E-state index in [1.165, 1.54) is 36.3 Å². The third-order valence-electron chi connectivity index (χ3n) is 12.1. The molecule has 4 heterocycles. The number of carbonyl (C=O) groups excluding carboxylic acids is 3. The lowest BCUT2D eigenvalue weighted by atomic mass is 9.77. The van der Waals surface area contributed by atoms with E-state index in [1.54, 1.807) is 53.9 Å². The van der Waals surface area contributed by atoms with Crippen LogP contribution in [0, 0.1) is 0 Å². The van der Waals surface area contributed by atoms with E-state index in [0.717, 1.165) is 26.2 Å². The van der Waals surface area contributed by atoms with Crippen molar-refractivity contribution in [1.29, 1.82) is 0 Å². The summed E-state index contributed by atoms with van der Waals surface area (Å²) in [5, 5.41) is 17.6. The van der Waals surface area contributed by atoms with Gasteiger partial charge in [-0.05, 0) is 51.3 Å². The van der Waals surface area contributed by atoms with Gasteiger partial charge in [-0.2, -0.15) is 16.9 Å². The number of aromatic nitrogens is 4. The first-order valence-electron chi connectivity index (χ1n) is 22.7. The summed E-state index contributed by atoms with van der Waals surface area (Å²) in [6, 6.07) is 46.4. The molecule has 0 saturated carbocycles. The minimum atomic E-state index is -1.96. The van der Waals surface area contributed by atoms with Crippen LogP contribution in [-0.4, -0.2) is 89.0 Å². The summed E-state index contributed by atoms with van der Waals surface area (Å²) in [6.45, 7) is 0.108. The van der Waals surface area contributed by atoms with Crippen molar-refractivity contribution in [3.05, 3.63) is 234 Å². The number of thioether (sulfide) groups is 1. The van der Waals surface area contributed by atoms with Gasteiger partial charge in [0, 0.05) is 28.2 Å². The molecular formula is C53H46N8O8S4. The van der Waals surface area contributed by atoms with Gasteiger partial charge in [0.15, 0.2) is 28.8 Å².